The van der Waals surface area contributed by atoms with E-state index in [1.165, 1.54) is 30.2 Å². The third kappa shape index (κ3) is 11.7. The number of halogens is 4. The van der Waals surface area contributed by atoms with E-state index < -0.39 is 39.4 Å². The summed E-state index contributed by atoms with van der Waals surface area (Å²) in [6.45, 7) is 2.68. The van der Waals surface area contributed by atoms with Crippen LogP contribution in [0.1, 0.15) is 12.0 Å². The molecule has 1 unspecified atom stereocenters. The molecule has 0 radical (unpaired) electrons. The largest absolute Gasteiger partial charge is 0.401 e. The molecule has 3 N–H and O–H groups in total. The van der Waals surface area contributed by atoms with Gasteiger partial charge in [-0.05, 0) is 84.3 Å². The number of aromatic nitrogens is 2. The molecule has 18 heteroatoms. The first-order valence-electron chi connectivity index (χ1n) is 19.4. The van der Waals surface area contributed by atoms with Crippen molar-refractivity contribution in [2.24, 2.45) is 0 Å². The Hall–Kier alpha value is -5.46. The highest BCUT2D eigenvalue weighted by atomic mass is 35.5. The van der Waals surface area contributed by atoms with Crippen LogP contribution in [0.2, 0.25) is 5.02 Å². The van der Waals surface area contributed by atoms with Crippen LogP contribution in [0.5, 0.6) is 0 Å². The number of piperazine rings is 1. The number of nitrogens with zero attached hydrogens (tertiary/aromatic N) is 5. The maximum Gasteiger partial charge on any atom is 0.401 e. The van der Waals surface area contributed by atoms with Crippen LogP contribution in [0.3, 0.4) is 0 Å². The van der Waals surface area contributed by atoms with Gasteiger partial charge in [0.2, 0.25) is 0 Å². The molecule has 1 aromatic heterocycles. The summed E-state index contributed by atoms with van der Waals surface area (Å²) < 4.78 is 68.2. The lowest BCUT2D eigenvalue weighted by molar-refractivity contribution is -0.384. The van der Waals surface area contributed by atoms with Crippen molar-refractivity contribution >= 4 is 67.2 Å². The summed E-state index contributed by atoms with van der Waals surface area (Å²) in [5.74, 6) is 0.376. The van der Waals surface area contributed by atoms with Gasteiger partial charge in [-0.25, -0.2) is 18.4 Å². The van der Waals surface area contributed by atoms with E-state index in [0.29, 0.717) is 21.7 Å². The summed E-state index contributed by atoms with van der Waals surface area (Å²) in [4.78, 5) is 25.4. The Kier molecular flexibility index (Phi) is 13.9. The lowest BCUT2D eigenvalue weighted by atomic mass is 9.99. The number of rotatable bonds is 17. The monoisotopic (exact) mass is 890 g/mol. The fraction of sp³-hybridized carbons (Fsp3) is 0.256. The normalized spacial score (nSPS) is 14.2. The molecule has 0 spiro atoms. The van der Waals surface area contributed by atoms with Crippen LogP contribution in [0, 0.1) is 10.1 Å². The van der Waals surface area contributed by atoms with Gasteiger partial charge in [-0.3, -0.25) is 19.7 Å². The average molecular weight is 891 g/mol. The summed E-state index contributed by atoms with van der Waals surface area (Å²) in [7, 11) is -4.39. The maximum absolute atomic E-state index is 13.7. The molecule has 1 atom stereocenters. The van der Waals surface area contributed by atoms with Crippen molar-refractivity contribution < 1.29 is 26.5 Å². The Morgan fingerprint density at radius 3 is 2.34 bits per heavy atom. The van der Waals surface area contributed by atoms with E-state index in [9.17, 15) is 31.7 Å². The Balaban J connectivity index is 1.02. The van der Waals surface area contributed by atoms with Crippen molar-refractivity contribution in [2.75, 3.05) is 60.0 Å². The highest BCUT2D eigenvalue weighted by molar-refractivity contribution is 7.99. The molecular weight excluding hydrogens is 849 g/mol. The summed E-state index contributed by atoms with van der Waals surface area (Å²) in [6, 6.07) is 34.0. The van der Waals surface area contributed by atoms with Gasteiger partial charge in [0.1, 0.15) is 12.0 Å². The molecule has 6 aromatic rings. The molecule has 2 heterocycles. The summed E-state index contributed by atoms with van der Waals surface area (Å²) in [5, 5.41) is 18.9. The molecule has 0 bridgehead atoms. The predicted molar refractivity (Wildman–Crippen MR) is 236 cm³/mol. The van der Waals surface area contributed by atoms with Gasteiger partial charge < -0.3 is 15.5 Å². The molecule has 61 heavy (non-hydrogen) atoms. The second-order valence-electron chi connectivity index (χ2n) is 14.4. The predicted octanol–water partition coefficient (Wildman–Crippen LogP) is 9.10. The van der Waals surface area contributed by atoms with E-state index in [1.807, 2.05) is 72.8 Å². The van der Waals surface area contributed by atoms with E-state index in [4.69, 9.17) is 11.6 Å². The molecule has 1 saturated heterocycles. The van der Waals surface area contributed by atoms with Crippen molar-refractivity contribution in [3.8, 4) is 11.1 Å². The lowest BCUT2D eigenvalue weighted by Crippen LogP contribution is -2.46. The van der Waals surface area contributed by atoms with E-state index >= 15 is 0 Å². The molecule has 318 valence electrons. The van der Waals surface area contributed by atoms with Crippen LogP contribution in [0.15, 0.2) is 131 Å². The molecule has 0 saturated carbocycles. The molecular formula is C43H42ClF3N8O4S2. The van der Waals surface area contributed by atoms with Crippen molar-refractivity contribution in [2.45, 2.75) is 35.0 Å². The third-order valence-electron chi connectivity index (χ3n) is 10.2. The number of nitro groups is 1. The molecule has 12 nitrogen and oxygen atoms in total. The summed E-state index contributed by atoms with van der Waals surface area (Å²) in [5.41, 5.74) is 4.38. The first-order valence-corrected chi connectivity index (χ1v) is 22.2. The standard InChI is InChI=1S/C43H42ClF3N8O4S2/c44-32-11-14-37(30-7-3-1-4-8-30)31(23-32)26-53-19-21-54(22-20-53)34-12-15-38-40(24-34)49-29-50-42(38)52-61(58,59)36-13-16-39(41(25-36)55(56)57)51-33(17-18-48-28-43(45,46)47)27-60-35-9-5-2-6-10-35/h1-16,23-25,29,33,48,51H,17-22,26-28H2,(H,49,50,52). The fourth-order valence-electron chi connectivity index (χ4n) is 7.10. The van der Waals surface area contributed by atoms with Gasteiger partial charge in [0.05, 0.1) is 21.9 Å². The van der Waals surface area contributed by atoms with Crippen LogP contribution < -0.4 is 20.3 Å². The number of thioether (sulfide) groups is 1. The SMILES string of the molecule is O=[N+]([O-])c1cc(S(=O)(=O)Nc2ncnc3cc(N4CCN(Cc5cc(Cl)ccc5-c5ccccc5)CC4)ccc23)ccc1NC(CCNCC(F)(F)F)CSc1ccccc1. The fourth-order valence-corrected chi connectivity index (χ4v) is 9.33. The Bertz CT molecular complexity index is 2570. The zero-order chi connectivity index (χ0) is 43.0. The van der Waals surface area contributed by atoms with Gasteiger partial charge in [0, 0.05) is 71.6 Å². The number of nitrogens with one attached hydrogen (secondary N) is 3. The van der Waals surface area contributed by atoms with Gasteiger partial charge >= 0.3 is 6.18 Å². The third-order valence-corrected chi connectivity index (χ3v) is 12.9. The lowest BCUT2D eigenvalue weighted by Gasteiger charge is -2.36. The zero-order valence-electron chi connectivity index (χ0n) is 32.7. The Morgan fingerprint density at radius 2 is 1.62 bits per heavy atom. The highest BCUT2D eigenvalue weighted by Gasteiger charge is 2.28. The van der Waals surface area contributed by atoms with Crippen LogP contribution in [-0.2, 0) is 16.6 Å². The number of hydrogen-bond donors (Lipinski definition) is 3. The first kappa shape index (κ1) is 43.6. The number of benzene rings is 5. The molecule has 1 aliphatic heterocycles. The summed E-state index contributed by atoms with van der Waals surface area (Å²) in [6.07, 6.45) is -2.93. The van der Waals surface area contributed by atoms with Gasteiger partial charge in [0.15, 0.2) is 5.82 Å². The average Bonchev–Trinajstić information content (AvgIpc) is 3.24. The second kappa shape index (κ2) is 19.5. The van der Waals surface area contributed by atoms with Crippen LogP contribution in [0.25, 0.3) is 22.0 Å². The number of hydrogen-bond acceptors (Lipinski definition) is 11. The molecule has 0 aliphatic carbocycles. The second-order valence-corrected chi connectivity index (χ2v) is 17.7. The van der Waals surface area contributed by atoms with Crippen molar-refractivity contribution in [3.63, 3.8) is 0 Å². The van der Waals surface area contributed by atoms with Gasteiger partial charge in [-0.2, -0.15) is 13.2 Å². The van der Waals surface area contributed by atoms with Crippen molar-refractivity contribution in [3.05, 3.63) is 142 Å². The molecule has 5 aromatic carbocycles. The quantitative estimate of drug-likeness (QED) is 0.0349. The van der Waals surface area contributed by atoms with E-state index in [1.54, 1.807) is 6.07 Å². The van der Waals surface area contributed by atoms with Crippen LogP contribution in [-0.4, -0.2) is 85.4 Å². The minimum Gasteiger partial charge on any atom is -0.376 e. The minimum absolute atomic E-state index is 0.00586. The van der Waals surface area contributed by atoms with E-state index in [-0.39, 0.29) is 29.4 Å². The van der Waals surface area contributed by atoms with Crippen LogP contribution >= 0.6 is 23.4 Å². The smallest absolute Gasteiger partial charge is 0.376 e. The number of alkyl halides is 3. The minimum atomic E-state index is -4.39. The topological polar surface area (TPSA) is 146 Å². The summed E-state index contributed by atoms with van der Waals surface area (Å²) >= 11 is 7.85. The molecule has 7 rings (SSSR count). The number of fused-ring (bicyclic) bond motifs is 1. The number of anilines is 3. The highest BCUT2D eigenvalue weighted by Crippen LogP contribution is 2.33. The van der Waals surface area contributed by atoms with Gasteiger partial charge in [-0.1, -0.05) is 66.2 Å². The first-order chi connectivity index (χ1) is 29.3. The zero-order valence-corrected chi connectivity index (χ0v) is 35.1. The van der Waals surface area contributed by atoms with Gasteiger partial charge in [-0.15, -0.1) is 11.8 Å². The molecule has 1 aliphatic rings. The van der Waals surface area contributed by atoms with Crippen LogP contribution in [0.4, 0.5) is 36.1 Å². The number of nitro benzene ring substituents is 1. The van der Waals surface area contributed by atoms with Crippen molar-refractivity contribution in [1.82, 2.24) is 20.2 Å². The van der Waals surface area contributed by atoms with Crippen molar-refractivity contribution in [1.29, 1.82) is 0 Å². The molecule has 0 amide bonds. The van der Waals surface area contributed by atoms with E-state index in [2.05, 4.69) is 53.3 Å². The Morgan fingerprint density at radius 1 is 0.885 bits per heavy atom. The number of sulfonamides is 1. The Labute approximate surface area is 360 Å². The van der Waals surface area contributed by atoms with Gasteiger partial charge in [0.25, 0.3) is 15.7 Å². The molecule has 1 fully saturated rings. The van der Waals surface area contributed by atoms with E-state index in [0.717, 1.165) is 66.1 Å². The maximum atomic E-state index is 13.7.